The van der Waals surface area contributed by atoms with Gasteiger partial charge in [-0.25, -0.2) is 0 Å². The van der Waals surface area contributed by atoms with E-state index in [-0.39, 0.29) is 6.61 Å². The largest absolute Gasteiger partial charge is 0.396 e. The van der Waals surface area contributed by atoms with Gasteiger partial charge in [0.15, 0.2) is 0 Å². The van der Waals surface area contributed by atoms with Crippen molar-refractivity contribution in [2.45, 2.75) is 31.5 Å². The molecule has 2 unspecified atom stereocenters. The number of azide groups is 1. The predicted octanol–water partition coefficient (Wildman–Crippen LogP) is 1.26. The summed E-state index contributed by atoms with van der Waals surface area (Å²) in [7, 11) is 0. The van der Waals surface area contributed by atoms with E-state index in [1.165, 1.54) is 0 Å². The molecule has 2 atom stereocenters. The maximum atomic E-state index is 8.32. The van der Waals surface area contributed by atoms with E-state index in [4.69, 9.17) is 24.8 Å². The number of unbranched alkanes of at least 4 members (excludes halogenated alkanes) is 2. The van der Waals surface area contributed by atoms with Gasteiger partial charge in [0.2, 0.25) is 0 Å². The predicted molar refractivity (Wildman–Crippen MR) is 65.2 cm³/mol. The molecular weight excluding hydrogens is 238 g/mol. The fourth-order valence-corrected chi connectivity index (χ4v) is 1.18. The lowest BCUT2D eigenvalue weighted by Crippen LogP contribution is -2.06. The van der Waals surface area contributed by atoms with E-state index in [0.29, 0.717) is 18.8 Å². The normalized spacial score (nSPS) is 23.6. The average molecular weight is 259 g/mol. The molecule has 2 saturated heterocycles. The molecule has 7 heteroatoms. The monoisotopic (exact) mass is 259 g/mol. The van der Waals surface area contributed by atoms with Crippen molar-refractivity contribution in [1.29, 1.82) is 0 Å². The summed E-state index contributed by atoms with van der Waals surface area (Å²) in [4.78, 5) is 2.60. The van der Waals surface area contributed by atoms with Crippen LogP contribution in [0, 0.1) is 0 Å². The minimum absolute atomic E-state index is 0.232. The number of aliphatic hydroxyl groups is 1. The Bertz CT molecular complexity index is 239. The third kappa shape index (κ3) is 10.3. The van der Waals surface area contributed by atoms with Crippen molar-refractivity contribution in [1.82, 2.24) is 0 Å². The second-order valence-electron chi connectivity index (χ2n) is 4.19. The first-order valence-corrected chi connectivity index (χ1v) is 6.29. The van der Waals surface area contributed by atoms with Crippen LogP contribution in [0.25, 0.3) is 10.4 Å². The zero-order valence-electron chi connectivity index (χ0n) is 10.5. The first-order chi connectivity index (χ1) is 8.86. The van der Waals surface area contributed by atoms with Gasteiger partial charge in [-0.05, 0) is 18.4 Å². The van der Waals surface area contributed by atoms with Gasteiger partial charge in [-0.3, -0.25) is 0 Å². The van der Waals surface area contributed by atoms with Crippen molar-refractivity contribution in [2.75, 3.05) is 39.6 Å². The molecule has 1 N–H and O–H groups in total. The molecular formula is C11H21N3O4. The molecule has 18 heavy (non-hydrogen) atoms. The molecule has 0 aromatic rings. The van der Waals surface area contributed by atoms with E-state index in [0.717, 1.165) is 45.7 Å². The van der Waals surface area contributed by atoms with Gasteiger partial charge in [0, 0.05) is 18.1 Å². The lowest BCUT2D eigenvalue weighted by Gasteiger charge is -1.95. The Labute approximate surface area is 107 Å². The second kappa shape index (κ2) is 10.1. The summed E-state index contributed by atoms with van der Waals surface area (Å²) in [5, 5.41) is 11.7. The molecule has 0 radical (unpaired) electrons. The molecule has 104 valence electrons. The molecule has 0 spiro atoms. The molecule has 0 amide bonds. The van der Waals surface area contributed by atoms with E-state index in [9.17, 15) is 0 Å². The first-order valence-electron chi connectivity index (χ1n) is 6.29. The van der Waals surface area contributed by atoms with E-state index in [1.807, 2.05) is 0 Å². The number of aliphatic hydroxyl groups excluding tert-OH is 1. The molecule has 2 aliphatic heterocycles. The van der Waals surface area contributed by atoms with Crippen molar-refractivity contribution in [3.8, 4) is 0 Å². The van der Waals surface area contributed by atoms with Crippen LogP contribution in [-0.2, 0) is 14.2 Å². The Morgan fingerprint density at radius 3 is 2.22 bits per heavy atom. The maximum Gasteiger partial charge on any atom is 0.104 e. The van der Waals surface area contributed by atoms with Crippen molar-refractivity contribution >= 4 is 0 Å². The number of rotatable bonds is 9. The SMILES string of the molecule is C(OCC1CO1)C1CO1.[N-]=[N+]=NCCCCCO. The molecule has 0 bridgehead atoms. The fraction of sp³-hybridized carbons (Fsp3) is 1.00. The topological polar surface area (TPSA) is 103 Å². The van der Waals surface area contributed by atoms with Gasteiger partial charge in [-0.1, -0.05) is 11.5 Å². The summed E-state index contributed by atoms with van der Waals surface area (Å²) in [6.45, 7) is 4.05. The number of hydrogen-bond acceptors (Lipinski definition) is 5. The van der Waals surface area contributed by atoms with Gasteiger partial charge in [0.05, 0.1) is 26.4 Å². The van der Waals surface area contributed by atoms with Crippen LogP contribution in [0.2, 0.25) is 0 Å². The highest BCUT2D eigenvalue weighted by molar-refractivity contribution is 4.71. The Kier molecular flexibility index (Phi) is 8.54. The highest BCUT2D eigenvalue weighted by Gasteiger charge is 2.26. The van der Waals surface area contributed by atoms with Crippen molar-refractivity contribution in [3.63, 3.8) is 0 Å². The highest BCUT2D eigenvalue weighted by Crippen LogP contribution is 2.12. The van der Waals surface area contributed by atoms with Crippen LogP contribution in [0.15, 0.2) is 5.11 Å². The van der Waals surface area contributed by atoms with Crippen LogP contribution < -0.4 is 0 Å². The summed E-state index contributed by atoms with van der Waals surface area (Å²) in [6.07, 6.45) is 3.41. The highest BCUT2D eigenvalue weighted by atomic mass is 16.6. The van der Waals surface area contributed by atoms with Gasteiger partial charge in [0.25, 0.3) is 0 Å². The Hall–Kier alpha value is -0.850. The molecule has 2 rings (SSSR count). The van der Waals surface area contributed by atoms with E-state index >= 15 is 0 Å². The fourth-order valence-electron chi connectivity index (χ4n) is 1.18. The molecule has 7 nitrogen and oxygen atoms in total. The average Bonchev–Trinajstić information content (AvgIpc) is 3.24. The molecule has 0 saturated carbocycles. The molecule has 2 heterocycles. The van der Waals surface area contributed by atoms with Gasteiger partial charge in [-0.15, -0.1) is 0 Å². The van der Waals surface area contributed by atoms with Crippen molar-refractivity contribution in [2.24, 2.45) is 5.11 Å². The molecule has 0 aliphatic carbocycles. The summed E-state index contributed by atoms with van der Waals surface area (Å²) < 4.78 is 15.1. The standard InChI is InChI=1S/C6H10O3.C5H11N3O/c1(5-3-8-5)7-2-6-4-9-6;6-8-7-4-2-1-3-5-9/h5-6H,1-4H2;9H,1-5H2. The Balaban J connectivity index is 0.000000180. The smallest absolute Gasteiger partial charge is 0.104 e. The van der Waals surface area contributed by atoms with E-state index < -0.39 is 0 Å². The summed E-state index contributed by atoms with van der Waals surface area (Å²) in [5.74, 6) is 0. The third-order valence-electron chi connectivity index (χ3n) is 2.39. The number of hydrogen-bond donors (Lipinski definition) is 1. The van der Waals surface area contributed by atoms with E-state index in [1.54, 1.807) is 0 Å². The molecule has 0 aromatic carbocycles. The van der Waals surface area contributed by atoms with Crippen LogP contribution in [0.5, 0.6) is 0 Å². The quantitative estimate of drug-likeness (QED) is 0.221. The third-order valence-corrected chi connectivity index (χ3v) is 2.39. The summed E-state index contributed by atoms with van der Waals surface area (Å²) in [5.41, 5.74) is 7.83. The van der Waals surface area contributed by atoms with Crippen LogP contribution in [0.4, 0.5) is 0 Å². The zero-order chi connectivity index (χ0) is 13.1. The first kappa shape index (κ1) is 15.2. The Morgan fingerprint density at radius 1 is 1.17 bits per heavy atom. The minimum atomic E-state index is 0.232. The molecule has 2 aliphatic rings. The van der Waals surface area contributed by atoms with Crippen LogP contribution >= 0.6 is 0 Å². The van der Waals surface area contributed by atoms with Gasteiger partial charge in [-0.2, -0.15) is 0 Å². The molecule has 2 fully saturated rings. The van der Waals surface area contributed by atoms with Crippen LogP contribution in [-0.4, -0.2) is 56.9 Å². The minimum Gasteiger partial charge on any atom is -0.396 e. The van der Waals surface area contributed by atoms with Gasteiger partial charge < -0.3 is 19.3 Å². The Morgan fingerprint density at radius 2 is 1.78 bits per heavy atom. The second-order valence-corrected chi connectivity index (χ2v) is 4.19. The van der Waals surface area contributed by atoms with Crippen molar-refractivity contribution in [3.05, 3.63) is 10.4 Å². The lowest BCUT2D eigenvalue weighted by molar-refractivity contribution is 0.102. The number of epoxide rings is 2. The van der Waals surface area contributed by atoms with Crippen molar-refractivity contribution < 1.29 is 19.3 Å². The van der Waals surface area contributed by atoms with E-state index in [2.05, 4.69) is 10.0 Å². The zero-order valence-corrected chi connectivity index (χ0v) is 10.5. The number of nitrogens with zero attached hydrogens (tertiary/aromatic N) is 3. The summed E-state index contributed by atoms with van der Waals surface area (Å²) >= 11 is 0. The van der Waals surface area contributed by atoms with Crippen LogP contribution in [0.1, 0.15) is 19.3 Å². The maximum absolute atomic E-state index is 8.32. The van der Waals surface area contributed by atoms with Crippen LogP contribution in [0.3, 0.4) is 0 Å². The molecule has 0 aromatic heterocycles. The number of ether oxygens (including phenoxy) is 3. The van der Waals surface area contributed by atoms with Gasteiger partial charge >= 0.3 is 0 Å². The lowest BCUT2D eigenvalue weighted by atomic mass is 10.2. The summed E-state index contributed by atoms with van der Waals surface area (Å²) in [6, 6.07) is 0. The van der Waals surface area contributed by atoms with Gasteiger partial charge in [0.1, 0.15) is 12.2 Å².